The van der Waals surface area contributed by atoms with Crippen molar-refractivity contribution < 1.29 is 13.9 Å². The minimum absolute atomic E-state index is 0.108. The molecule has 0 spiro atoms. The van der Waals surface area contributed by atoms with Gasteiger partial charge in [0.05, 0.1) is 17.2 Å². The molecule has 1 N–H and O–H groups in total. The van der Waals surface area contributed by atoms with Crippen LogP contribution >= 0.6 is 0 Å². The fraction of sp³-hybridized carbons (Fsp3) is 0.0952. The molecule has 4 aromatic rings. The molecule has 6 nitrogen and oxygen atoms in total. The summed E-state index contributed by atoms with van der Waals surface area (Å²) in [5.41, 5.74) is 1.76. The van der Waals surface area contributed by atoms with Crippen molar-refractivity contribution in [2.75, 3.05) is 0 Å². The Morgan fingerprint density at radius 1 is 1.07 bits per heavy atom. The summed E-state index contributed by atoms with van der Waals surface area (Å²) in [6.07, 6.45) is 0.697. The van der Waals surface area contributed by atoms with Crippen LogP contribution in [0.15, 0.2) is 76.1 Å². The van der Waals surface area contributed by atoms with E-state index < -0.39 is 12.1 Å². The van der Waals surface area contributed by atoms with Crippen LogP contribution in [0.4, 0.5) is 0 Å². The van der Waals surface area contributed by atoms with E-state index in [1.807, 2.05) is 30.3 Å². The summed E-state index contributed by atoms with van der Waals surface area (Å²) >= 11 is 0. The van der Waals surface area contributed by atoms with Crippen molar-refractivity contribution >= 4 is 16.9 Å². The summed E-state index contributed by atoms with van der Waals surface area (Å²) in [5.74, 6) is -0.238. The molecule has 0 saturated heterocycles. The van der Waals surface area contributed by atoms with Crippen molar-refractivity contribution in [1.82, 2.24) is 9.97 Å². The number of hydrogen-bond acceptors (Lipinski definition) is 5. The van der Waals surface area contributed by atoms with Crippen molar-refractivity contribution in [2.45, 2.75) is 13.0 Å². The van der Waals surface area contributed by atoms with E-state index in [2.05, 4.69) is 9.97 Å². The summed E-state index contributed by atoms with van der Waals surface area (Å²) in [6, 6.07) is 18.1. The second-order valence-corrected chi connectivity index (χ2v) is 6.05. The van der Waals surface area contributed by atoms with Crippen LogP contribution in [0.1, 0.15) is 29.4 Å². The lowest BCUT2D eigenvalue weighted by atomic mass is 10.1. The first-order valence-electron chi connectivity index (χ1n) is 8.46. The minimum Gasteiger partial charge on any atom is -0.457 e. The number of ether oxygens (including phenoxy) is 1. The van der Waals surface area contributed by atoms with Crippen LogP contribution in [0.5, 0.6) is 0 Å². The first-order chi connectivity index (χ1) is 13.1. The van der Waals surface area contributed by atoms with E-state index in [1.54, 1.807) is 37.3 Å². The molecule has 0 saturated carbocycles. The number of benzene rings is 2. The van der Waals surface area contributed by atoms with Crippen molar-refractivity contribution in [3.8, 4) is 11.1 Å². The molecule has 0 amide bonds. The SMILES string of the molecule is CC(OC(=O)c1occc1-c1ccccc1)c1nc2ccccc2c(=O)[nH]1. The van der Waals surface area contributed by atoms with Gasteiger partial charge in [-0.05, 0) is 30.7 Å². The van der Waals surface area contributed by atoms with Gasteiger partial charge in [0, 0.05) is 5.56 Å². The first-order valence-corrected chi connectivity index (χ1v) is 8.46. The van der Waals surface area contributed by atoms with E-state index in [9.17, 15) is 9.59 Å². The molecule has 0 aliphatic heterocycles. The fourth-order valence-corrected chi connectivity index (χ4v) is 2.88. The topological polar surface area (TPSA) is 85.2 Å². The van der Waals surface area contributed by atoms with Crippen LogP contribution in [-0.4, -0.2) is 15.9 Å². The zero-order chi connectivity index (χ0) is 18.8. The molecule has 134 valence electrons. The predicted molar refractivity (Wildman–Crippen MR) is 100 cm³/mol. The molecule has 2 aromatic heterocycles. The highest BCUT2D eigenvalue weighted by atomic mass is 16.6. The summed E-state index contributed by atoms with van der Waals surface area (Å²) in [6.45, 7) is 1.65. The second kappa shape index (κ2) is 6.92. The lowest BCUT2D eigenvalue weighted by Crippen LogP contribution is -2.17. The third kappa shape index (κ3) is 3.25. The van der Waals surface area contributed by atoms with E-state index in [-0.39, 0.29) is 17.1 Å². The Kier molecular flexibility index (Phi) is 4.30. The van der Waals surface area contributed by atoms with Crippen LogP contribution in [0.25, 0.3) is 22.0 Å². The average molecular weight is 360 g/mol. The van der Waals surface area contributed by atoms with Crippen LogP contribution in [0.2, 0.25) is 0 Å². The number of carbonyl (C=O) groups excluding carboxylic acids is 1. The Morgan fingerprint density at radius 3 is 2.63 bits per heavy atom. The zero-order valence-corrected chi connectivity index (χ0v) is 14.5. The third-order valence-electron chi connectivity index (χ3n) is 4.24. The molecule has 4 rings (SSSR count). The second-order valence-electron chi connectivity index (χ2n) is 6.05. The van der Waals surface area contributed by atoms with Gasteiger partial charge in [-0.3, -0.25) is 4.79 Å². The summed E-state index contributed by atoms with van der Waals surface area (Å²) in [7, 11) is 0. The van der Waals surface area contributed by atoms with Gasteiger partial charge in [-0.1, -0.05) is 42.5 Å². The molecule has 0 aliphatic carbocycles. The van der Waals surface area contributed by atoms with Crippen LogP contribution in [-0.2, 0) is 4.74 Å². The van der Waals surface area contributed by atoms with Gasteiger partial charge in [0.15, 0.2) is 11.9 Å². The molecule has 0 radical (unpaired) electrons. The number of fused-ring (bicyclic) bond motifs is 1. The Labute approximate surface area is 154 Å². The van der Waals surface area contributed by atoms with Gasteiger partial charge < -0.3 is 14.1 Å². The lowest BCUT2D eigenvalue weighted by Gasteiger charge is -2.13. The smallest absolute Gasteiger partial charge is 0.375 e. The van der Waals surface area contributed by atoms with E-state index in [1.165, 1.54) is 6.26 Å². The maximum Gasteiger partial charge on any atom is 0.375 e. The maximum absolute atomic E-state index is 12.6. The molecule has 1 atom stereocenters. The zero-order valence-electron chi connectivity index (χ0n) is 14.5. The van der Waals surface area contributed by atoms with Crippen LogP contribution < -0.4 is 5.56 Å². The molecule has 2 aromatic carbocycles. The average Bonchev–Trinajstić information content (AvgIpc) is 3.18. The summed E-state index contributed by atoms with van der Waals surface area (Å²) < 4.78 is 10.8. The number of furan rings is 1. The van der Waals surface area contributed by atoms with Gasteiger partial charge in [-0.15, -0.1) is 0 Å². The number of hydrogen-bond donors (Lipinski definition) is 1. The molecule has 0 aliphatic rings. The van der Waals surface area contributed by atoms with Crippen molar-refractivity contribution in [3.63, 3.8) is 0 Å². The van der Waals surface area contributed by atoms with E-state index in [0.717, 1.165) is 5.56 Å². The van der Waals surface area contributed by atoms with Crippen molar-refractivity contribution in [1.29, 1.82) is 0 Å². The molecule has 2 heterocycles. The highest BCUT2D eigenvalue weighted by Crippen LogP contribution is 2.26. The highest BCUT2D eigenvalue weighted by molar-refractivity contribution is 5.94. The number of H-pyrrole nitrogens is 1. The number of aromatic nitrogens is 2. The Hall–Kier alpha value is -3.67. The summed E-state index contributed by atoms with van der Waals surface area (Å²) in [5, 5.41) is 0.483. The highest BCUT2D eigenvalue weighted by Gasteiger charge is 2.22. The molecule has 0 bridgehead atoms. The number of carbonyl (C=O) groups is 1. The molecule has 1 unspecified atom stereocenters. The Morgan fingerprint density at radius 2 is 1.81 bits per heavy atom. The molecular weight excluding hydrogens is 344 g/mol. The standard InChI is InChI=1S/C21H16N2O4/c1-13(19-22-17-10-6-5-9-16(17)20(24)23-19)27-21(25)18-15(11-12-26-18)14-7-3-2-4-8-14/h2-13H,1H3,(H,22,23,24). The third-order valence-corrected chi connectivity index (χ3v) is 4.24. The van der Waals surface area contributed by atoms with Crippen LogP contribution in [0.3, 0.4) is 0 Å². The van der Waals surface area contributed by atoms with Gasteiger partial charge >= 0.3 is 5.97 Å². The number of esters is 1. The van der Waals surface area contributed by atoms with Crippen molar-refractivity contribution in [3.05, 3.63) is 88.9 Å². The number of aromatic amines is 1. The predicted octanol–water partition coefficient (Wildman–Crippen LogP) is 4.10. The number of rotatable bonds is 4. The molecule has 6 heteroatoms. The van der Waals surface area contributed by atoms with Crippen molar-refractivity contribution in [2.24, 2.45) is 0 Å². The van der Waals surface area contributed by atoms with E-state index in [4.69, 9.17) is 9.15 Å². The largest absolute Gasteiger partial charge is 0.457 e. The minimum atomic E-state index is -0.747. The van der Waals surface area contributed by atoms with E-state index >= 15 is 0 Å². The number of nitrogens with zero attached hydrogens (tertiary/aromatic N) is 1. The Bertz CT molecular complexity index is 1160. The van der Waals surface area contributed by atoms with Gasteiger partial charge in [0.1, 0.15) is 0 Å². The van der Waals surface area contributed by atoms with Gasteiger partial charge in [0.2, 0.25) is 5.76 Å². The number of para-hydroxylation sites is 1. The Balaban J connectivity index is 1.61. The summed E-state index contributed by atoms with van der Waals surface area (Å²) in [4.78, 5) is 31.9. The molecular formula is C21H16N2O4. The first kappa shape index (κ1) is 16.8. The normalized spacial score (nSPS) is 12.0. The fourth-order valence-electron chi connectivity index (χ4n) is 2.88. The van der Waals surface area contributed by atoms with Gasteiger partial charge in [-0.2, -0.15) is 0 Å². The van der Waals surface area contributed by atoms with Gasteiger partial charge in [-0.25, -0.2) is 9.78 Å². The van der Waals surface area contributed by atoms with E-state index in [0.29, 0.717) is 16.5 Å². The maximum atomic E-state index is 12.6. The quantitative estimate of drug-likeness (QED) is 0.554. The lowest BCUT2D eigenvalue weighted by molar-refractivity contribution is 0.0285. The monoisotopic (exact) mass is 360 g/mol. The van der Waals surface area contributed by atoms with Crippen LogP contribution in [0, 0.1) is 0 Å². The van der Waals surface area contributed by atoms with Gasteiger partial charge in [0.25, 0.3) is 5.56 Å². The number of nitrogens with one attached hydrogen (secondary N) is 1. The molecule has 27 heavy (non-hydrogen) atoms. The molecule has 0 fully saturated rings.